The number of amides is 2. The highest BCUT2D eigenvalue weighted by atomic mass is 16.5. The number of nitriles is 1. The van der Waals surface area contributed by atoms with Crippen molar-refractivity contribution in [1.82, 2.24) is 9.80 Å². The molecule has 0 saturated carbocycles. The molecule has 2 aliphatic rings. The van der Waals surface area contributed by atoms with Gasteiger partial charge in [0.15, 0.2) is 0 Å². The fourth-order valence-electron chi connectivity index (χ4n) is 3.40. The van der Waals surface area contributed by atoms with Crippen LogP contribution in [0, 0.1) is 11.3 Å². The van der Waals surface area contributed by atoms with Crippen LogP contribution in [-0.4, -0.2) is 66.5 Å². The maximum atomic E-state index is 12.5. The Balaban J connectivity index is 1.53. The molecule has 3 rings (SSSR count). The molecule has 1 N–H and O–H groups in total. The van der Waals surface area contributed by atoms with Crippen molar-refractivity contribution in [3.05, 3.63) is 29.8 Å². The minimum Gasteiger partial charge on any atom is -0.368 e. The third-order valence-electron chi connectivity index (χ3n) is 5.06. The number of benzene rings is 1. The molecule has 1 aromatic rings. The van der Waals surface area contributed by atoms with Gasteiger partial charge >= 0.3 is 0 Å². The standard InChI is InChI=1S/C19H24N4O3/c1-14(18(24)21-16-6-3-2-5-15(16)13-20)22-8-10-23(11-9-22)19(25)17-7-4-12-26-17/h2-3,5-6,14,17H,4,7-12H2,1H3,(H,21,24)/t14-,17-/m1/s1. The summed E-state index contributed by atoms with van der Waals surface area (Å²) in [7, 11) is 0. The maximum Gasteiger partial charge on any atom is 0.251 e. The first-order valence-electron chi connectivity index (χ1n) is 9.04. The van der Waals surface area contributed by atoms with E-state index >= 15 is 0 Å². The van der Waals surface area contributed by atoms with E-state index in [0.29, 0.717) is 44.0 Å². The van der Waals surface area contributed by atoms with E-state index in [1.165, 1.54) is 0 Å². The number of piperazine rings is 1. The van der Waals surface area contributed by atoms with E-state index in [0.717, 1.165) is 12.8 Å². The van der Waals surface area contributed by atoms with Gasteiger partial charge in [-0.3, -0.25) is 14.5 Å². The first kappa shape index (κ1) is 18.4. The molecule has 0 unspecified atom stereocenters. The molecule has 0 radical (unpaired) electrons. The number of carbonyl (C=O) groups is 2. The molecule has 138 valence electrons. The molecule has 26 heavy (non-hydrogen) atoms. The lowest BCUT2D eigenvalue weighted by Crippen LogP contribution is -2.55. The number of carbonyl (C=O) groups excluding carboxylic acids is 2. The topological polar surface area (TPSA) is 85.7 Å². The van der Waals surface area contributed by atoms with Gasteiger partial charge in [-0.15, -0.1) is 0 Å². The predicted octanol–water partition coefficient (Wildman–Crippen LogP) is 1.21. The summed E-state index contributed by atoms with van der Waals surface area (Å²) >= 11 is 0. The molecule has 7 nitrogen and oxygen atoms in total. The summed E-state index contributed by atoms with van der Waals surface area (Å²) in [5.41, 5.74) is 0.971. The van der Waals surface area contributed by atoms with Crippen LogP contribution in [0.1, 0.15) is 25.3 Å². The molecule has 2 heterocycles. The van der Waals surface area contributed by atoms with Crippen LogP contribution in [0.3, 0.4) is 0 Å². The Kier molecular flexibility index (Phi) is 5.86. The van der Waals surface area contributed by atoms with E-state index in [4.69, 9.17) is 10.00 Å². The van der Waals surface area contributed by atoms with Crippen LogP contribution in [0.4, 0.5) is 5.69 Å². The number of ether oxygens (including phenoxy) is 1. The second-order valence-electron chi connectivity index (χ2n) is 6.69. The Morgan fingerprint density at radius 1 is 1.27 bits per heavy atom. The quantitative estimate of drug-likeness (QED) is 0.876. The van der Waals surface area contributed by atoms with E-state index in [1.807, 2.05) is 11.8 Å². The Bertz CT molecular complexity index is 701. The number of nitrogens with zero attached hydrogens (tertiary/aromatic N) is 3. The summed E-state index contributed by atoms with van der Waals surface area (Å²) in [6, 6.07) is 8.70. The smallest absolute Gasteiger partial charge is 0.251 e. The molecule has 2 aliphatic heterocycles. The Morgan fingerprint density at radius 3 is 2.65 bits per heavy atom. The first-order chi connectivity index (χ1) is 12.6. The van der Waals surface area contributed by atoms with Crippen LogP contribution >= 0.6 is 0 Å². The van der Waals surface area contributed by atoms with E-state index in [1.54, 1.807) is 24.3 Å². The first-order valence-corrected chi connectivity index (χ1v) is 9.04. The largest absolute Gasteiger partial charge is 0.368 e. The minimum absolute atomic E-state index is 0.0715. The van der Waals surface area contributed by atoms with Crippen molar-refractivity contribution in [3.8, 4) is 6.07 Å². The maximum absolute atomic E-state index is 12.5. The molecule has 2 amide bonds. The fraction of sp³-hybridized carbons (Fsp3) is 0.526. The molecule has 2 fully saturated rings. The van der Waals surface area contributed by atoms with Gasteiger partial charge in [0, 0.05) is 32.8 Å². The van der Waals surface area contributed by atoms with Crippen molar-refractivity contribution in [2.45, 2.75) is 31.9 Å². The predicted molar refractivity (Wildman–Crippen MR) is 96.4 cm³/mol. The lowest BCUT2D eigenvalue weighted by Gasteiger charge is -2.38. The van der Waals surface area contributed by atoms with Crippen LogP contribution < -0.4 is 5.32 Å². The molecular weight excluding hydrogens is 332 g/mol. The summed E-state index contributed by atoms with van der Waals surface area (Å²) in [5.74, 6) is -0.0752. The summed E-state index contributed by atoms with van der Waals surface area (Å²) in [4.78, 5) is 28.8. The second kappa shape index (κ2) is 8.30. The molecule has 0 spiro atoms. The lowest BCUT2D eigenvalue weighted by atomic mass is 10.1. The minimum atomic E-state index is -0.332. The van der Waals surface area contributed by atoms with Gasteiger partial charge in [0.25, 0.3) is 5.91 Å². The molecular formula is C19H24N4O3. The summed E-state index contributed by atoms with van der Waals surface area (Å²) < 4.78 is 5.47. The third-order valence-corrected chi connectivity index (χ3v) is 5.06. The van der Waals surface area contributed by atoms with E-state index in [-0.39, 0.29) is 24.0 Å². The van der Waals surface area contributed by atoms with Crippen molar-refractivity contribution in [2.24, 2.45) is 0 Å². The number of hydrogen-bond donors (Lipinski definition) is 1. The van der Waals surface area contributed by atoms with Gasteiger partial charge < -0.3 is 15.0 Å². The van der Waals surface area contributed by atoms with Gasteiger partial charge in [0.2, 0.25) is 5.91 Å². The molecule has 0 aliphatic carbocycles. The zero-order valence-electron chi connectivity index (χ0n) is 15.0. The van der Waals surface area contributed by atoms with Crippen molar-refractivity contribution in [3.63, 3.8) is 0 Å². The number of nitrogens with one attached hydrogen (secondary N) is 1. The van der Waals surface area contributed by atoms with E-state index in [2.05, 4.69) is 16.3 Å². The monoisotopic (exact) mass is 356 g/mol. The zero-order chi connectivity index (χ0) is 18.5. The van der Waals surface area contributed by atoms with Gasteiger partial charge in [0.1, 0.15) is 12.2 Å². The van der Waals surface area contributed by atoms with Gasteiger partial charge in [-0.25, -0.2) is 0 Å². The Labute approximate surface area is 153 Å². The Morgan fingerprint density at radius 2 is 2.00 bits per heavy atom. The number of para-hydroxylation sites is 1. The van der Waals surface area contributed by atoms with Crippen molar-refractivity contribution in [1.29, 1.82) is 5.26 Å². The molecule has 0 bridgehead atoms. The van der Waals surface area contributed by atoms with Crippen LogP contribution in [0.25, 0.3) is 0 Å². The molecule has 7 heteroatoms. The van der Waals surface area contributed by atoms with Gasteiger partial charge in [-0.2, -0.15) is 5.26 Å². The van der Waals surface area contributed by atoms with Crippen LogP contribution in [-0.2, 0) is 14.3 Å². The van der Waals surface area contributed by atoms with E-state index < -0.39 is 0 Å². The zero-order valence-corrected chi connectivity index (χ0v) is 15.0. The second-order valence-corrected chi connectivity index (χ2v) is 6.69. The molecule has 2 atom stereocenters. The van der Waals surface area contributed by atoms with Gasteiger partial charge in [0.05, 0.1) is 17.3 Å². The SMILES string of the molecule is C[C@H](C(=O)Nc1ccccc1C#N)N1CCN(C(=O)[C@H]2CCCO2)CC1. The number of rotatable bonds is 4. The van der Waals surface area contributed by atoms with Crippen LogP contribution in [0.15, 0.2) is 24.3 Å². The number of hydrogen-bond acceptors (Lipinski definition) is 5. The van der Waals surface area contributed by atoms with Gasteiger partial charge in [-0.05, 0) is 31.9 Å². The van der Waals surface area contributed by atoms with Crippen molar-refractivity contribution < 1.29 is 14.3 Å². The average molecular weight is 356 g/mol. The van der Waals surface area contributed by atoms with Gasteiger partial charge in [-0.1, -0.05) is 12.1 Å². The Hall–Kier alpha value is -2.43. The highest BCUT2D eigenvalue weighted by molar-refractivity contribution is 5.95. The third kappa shape index (κ3) is 4.03. The highest BCUT2D eigenvalue weighted by Gasteiger charge is 2.32. The number of anilines is 1. The molecule has 1 aromatic carbocycles. The average Bonchev–Trinajstić information content (AvgIpc) is 3.22. The highest BCUT2D eigenvalue weighted by Crippen LogP contribution is 2.18. The molecule has 0 aromatic heterocycles. The lowest BCUT2D eigenvalue weighted by molar-refractivity contribution is -0.143. The fourth-order valence-corrected chi connectivity index (χ4v) is 3.40. The summed E-state index contributed by atoms with van der Waals surface area (Å²) in [6.07, 6.45) is 1.46. The summed E-state index contributed by atoms with van der Waals surface area (Å²) in [5, 5.41) is 12.0. The normalized spacial score (nSPS) is 21.8. The van der Waals surface area contributed by atoms with Crippen LogP contribution in [0.2, 0.25) is 0 Å². The summed E-state index contributed by atoms with van der Waals surface area (Å²) in [6.45, 7) is 5.01. The van der Waals surface area contributed by atoms with E-state index in [9.17, 15) is 9.59 Å². The van der Waals surface area contributed by atoms with Crippen molar-refractivity contribution in [2.75, 3.05) is 38.1 Å². The van der Waals surface area contributed by atoms with Crippen molar-refractivity contribution >= 4 is 17.5 Å². The van der Waals surface area contributed by atoms with Crippen LogP contribution in [0.5, 0.6) is 0 Å². The molecule has 2 saturated heterocycles.